The van der Waals surface area contributed by atoms with Crippen LogP contribution in [0.5, 0.6) is 0 Å². The number of aryl methyl sites for hydroxylation is 1. The van der Waals surface area contributed by atoms with Crippen molar-refractivity contribution in [3.63, 3.8) is 0 Å². The third-order valence-electron chi connectivity index (χ3n) is 5.63. The smallest absolute Gasteiger partial charge is 0.238 e. The van der Waals surface area contributed by atoms with Crippen molar-refractivity contribution in [3.8, 4) is 0 Å². The lowest BCUT2D eigenvalue weighted by Crippen LogP contribution is -2.40. The first-order chi connectivity index (χ1) is 14.5. The fourth-order valence-corrected chi connectivity index (χ4v) is 5.93. The van der Waals surface area contributed by atoms with Crippen molar-refractivity contribution in [1.82, 2.24) is 4.90 Å². The highest BCUT2D eigenvalue weighted by molar-refractivity contribution is 7.12. The van der Waals surface area contributed by atoms with Gasteiger partial charge in [-0.15, -0.1) is 11.3 Å². The van der Waals surface area contributed by atoms with Gasteiger partial charge in [-0.05, 0) is 54.7 Å². The molecule has 3 nitrogen and oxygen atoms in total. The third kappa shape index (κ3) is 4.15. The molecule has 0 fully saturated rings. The molecule has 1 N–H and O–H groups in total. The Kier molecular flexibility index (Phi) is 6.23. The zero-order valence-corrected chi connectivity index (χ0v) is 18.6. The zero-order chi connectivity index (χ0) is 21.3. The Morgan fingerprint density at radius 1 is 1.27 bits per heavy atom. The Hall–Kier alpha value is -2.21. The molecule has 1 aromatic heterocycles. The van der Waals surface area contributed by atoms with E-state index in [0.29, 0.717) is 5.69 Å². The summed E-state index contributed by atoms with van der Waals surface area (Å²) in [5.74, 6) is -0.631. The van der Waals surface area contributed by atoms with E-state index in [0.717, 1.165) is 19.4 Å². The summed E-state index contributed by atoms with van der Waals surface area (Å²) in [5, 5.41) is 2.85. The van der Waals surface area contributed by atoms with Crippen LogP contribution in [0, 0.1) is 12.7 Å². The number of anilines is 1. The number of fused-ring (bicyclic) bond motifs is 1. The van der Waals surface area contributed by atoms with Crippen molar-refractivity contribution in [2.24, 2.45) is 0 Å². The van der Waals surface area contributed by atoms with Crippen LogP contribution in [0.2, 0.25) is 5.02 Å². The molecule has 30 heavy (non-hydrogen) atoms. The van der Waals surface area contributed by atoms with Gasteiger partial charge in [0, 0.05) is 22.0 Å². The Labute approximate surface area is 185 Å². The largest absolute Gasteiger partial charge is 0.325 e. The molecule has 0 saturated carbocycles. The highest BCUT2D eigenvalue weighted by Gasteiger charge is 2.33. The van der Waals surface area contributed by atoms with E-state index in [1.807, 2.05) is 29.5 Å². The van der Waals surface area contributed by atoms with Crippen molar-refractivity contribution in [1.29, 1.82) is 0 Å². The van der Waals surface area contributed by atoms with Crippen molar-refractivity contribution in [3.05, 3.63) is 85.8 Å². The normalized spacial score (nSPS) is 16.3. The van der Waals surface area contributed by atoms with Gasteiger partial charge in [-0.3, -0.25) is 9.69 Å². The van der Waals surface area contributed by atoms with E-state index >= 15 is 0 Å². The summed E-state index contributed by atoms with van der Waals surface area (Å²) in [4.78, 5) is 17.8. The number of hydrogen-bond donors (Lipinski definition) is 1. The number of thiophene rings is 1. The molecule has 0 saturated heterocycles. The standard InChI is InChI=1S/C24H24ClFN2OS/c1-3-18-15(2)30-24-19(18)11-12-28(23(24)16-7-5-4-6-8-16)14-22(29)27-17-9-10-21(26)20(25)13-17/h4-10,13,23H,3,11-12,14H2,1-2H3,(H,27,29)/t23-/m1/s1. The van der Waals surface area contributed by atoms with Crippen molar-refractivity contribution in [2.45, 2.75) is 32.7 Å². The lowest BCUT2D eigenvalue weighted by atomic mass is 9.91. The summed E-state index contributed by atoms with van der Waals surface area (Å²) >= 11 is 7.69. The van der Waals surface area contributed by atoms with Crippen LogP contribution in [0.4, 0.5) is 10.1 Å². The Morgan fingerprint density at radius 3 is 2.73 bits per heavy atom. The zero-order valence-electron chi connectivity index (χ0n) is 17.0. The van der Waals surface area contributed by atoms with Gasteiger partial charge in [0.05, 0.1) is 17.6 Å². The average molecular weight is 443 g/mol. The second-order valence-corrected chi connectivity index (χ2v) is 9.21. The quantitative estimate of drug-likeness (QED) is 0.525. The van der Waals surface area contributed by atoms with E-state index in [9.17, 15) is 9.18 Å². The molecule has 0 unspecified atom stereocenters. The van der Waals surface area contributed by atoms with Gasteiger partial charge in [0.2, 0.25) is 5.91 Å². The van der Waals surface area contributed by atoms with E-state index in [2.05, 4.69) is 36.2 Å². The minimum Gasteiger partial charge on any atom is -0.325 e. The van der Waals surface area contributed by atoms with Gasteiger partial charge in [0.1, 0.15) is 5.82 Å². The number of nitrogens with one attached hydrogen (secondary N) is 1. The number of hydrogen-bond acceptors (Lipinski definition) is 3. The summed E-state index contributed by atoms with van der Waals surface area (Å²) in [5.41, 5.74) is 4.61. The summed E-state index contributed by atoms with van der Waals surface area (Å²) in [6.07, 6.45) is 1.98. The summed E-state index contributed by atoms with van der Waals surface area (Å²) in [6.45, 7) is 5.47. The van der Waals surface area contributed by atoms with Gasteiger partial charge in [0.15, 0.2) is 0 Å². The number of carbonyl (C=O) groups excluding carboxylic acids is 1. The molecule has 0 bridgehead atoms. The highest BCUT2D eigenvalue weighted by atomic mass is 35.5. The number of rotatable bonds is 5. The molecular formula is C24H24ClFN2OS. The number of carbonyl (C=O) groups is 1. The van der Waals surface area contributed by atoms with E-state index < -0.39 is 5.82 Å². The molecule has 1 atom stereocenters. The first-order valence-electron chi connectivity index (χ1n) is 10.1. The van der Waals surface area contributed by atoms with Crippen molar-refractivity contribution >= 4 is 34.5 Å². The predicted octanol–water partition coefficient (Wildman–Crippen LogP) is 6.00. The molecule has 3 aromatic rings. The second-order valence-electron chi connectivity index (χ2n) is 7.54. The number of benzene rings is 2. The van der Waals surface area contributed by atoms with Crippen LogP contribution in [-0.2, 0) is 17.6 Å². The lowest BCUT2D eigenvalue weighted by molar-refractivity contribution is -0.117. The first kappa shape index (κ1) is 21.0. The van der Waals surface area contributed by atoms with Gasteiger partial charge in [-0.1, -0.05) is 48.9 Å². The van der Waals surface area contributed by atoms with Gasteiger partial charge < -0.3 is 5.32 Å². The molecule has 2 aromatic carbocycles. The van der Waals surface area contributed by atoms with Crippen molar-refractivity contribution < 1.29 is 9.18 Å². The molecule has 0 spiro atoms. The lowest BCUT2D eigenvalue weighted by Gasteiger charge is -2.36. The minimum absolute atomic E-state index is 0.00117. The Morgan fingerprint density at radius 2 is 2.03 bits per heavy atom. The SMILES string of the molecule is CCc1c(C)sc2c1CCN(CC(=O)Nc1ccc(F)c(Cl)c1)[C@@H]2c1ccccc1. The predicted molar refractivity (Wildman–Crippen MR) is 122 cm³/mol. The number of amides is 1. The number of halogens is 2. The Balaban J connectivity index is 1.61. The Bertz CT molecular complexity index is 1070. The maximum Gasteiger partial charge on any atom is 0.238 e. The first-order valence-corrected chi connectivity index (χ1v) is 11.3. The molecule has 2 heterocycles. The highest BCUT2D eigenvalue weighted by Crippen LogP contribution is 2.42. The van der Waals surface area contributed by atoms with Crippen LogP contribution in [0.3, 0.4) is 0 Å². The molecule has 0 radical (unpaired) electrons. The molecule has 0 aliphatic carbocycles. The molecule has 4 rings (SSSR count). The molecule has 156 valence electrons. The summed E-state index contributed by atoms with van der Waals surface area (Å²) in [6, 6.07) is 14.6. The van der Waals surface area contributed by atoms with Gasteiger partial charge in [-0.25, -0.2) is 4.39 Å². The van der Waals surface area contributed by atoms with Crippen LogP contribution >= 0.6 is 22.9 Å². The topological polar surface area (TPSA) is 32.3 Å². The molecule has 1 amide bonds. The van der Waals surface area contributed by atoms with Crippen LogP contribution in [0.1, 0.15) is 39.4 Å². The number of nitrogens with zero attached hydrogens (tertiary/aromatic N) is 1. The van der Waals surface area contributed by atoms with Crippen LogP contribution in [0.15, 0.2) is 48.5 Å². The summed E-state index contributed by atoms with van der Waals surface area (Å²) < 4.78 is 13.4. The van der Waals surface area contributed by atoms with Gasteiger partial charge >= 0.3 is 0 Å². The maximum absolute atomic E-state index is 13.4. The van der Waals surface area contributed by atoms with E-state index in [-0.39, 0.29) is 23.5 Å². The van der Waals surface area contributed by atoms with E-state index in [1.165, 1.54) is 44.6 Å². The van der Waals surface area contributed by atoms with Crippen LogP contribution < -0.4 is 5.32 Å². The van der Waals surface area contributed by atoms with E-state index in [4.69, 9.17) is 11.6 Å². The molecule has 6 heteroatoms. The fraction of sp³-hybridized carbons (Fsp3) is 0.292. The van der Waals surface area contributed by atoms with Crippen LogP contribution in [-0.4, -0.2) is 23.9 Å². The monoisotopic (exact) mass is 442 g/mol. The minimum atomic E-state index is -0.498. The summed E-state index contributed by atoms with van der Waals surface area (Å²) in [7, 11) is 0. The van der Waals surface area contributed by atoms with Gasteiger partial charge in [0.25, 0.3) is 0 Å². The van der Waals surface area contributed by atoms with Crippen LogP contribution in [0.25, 0.3) is 0 Å². The average Bonchev–Trinajstić information content (AvgIpc) is 3.06. The molecule has 1 aliphatic rings. The fourth-order valence-electron chi connectivity index (χ4n) is 4.28. The molecule has 1 aliphatic heterocycles. The second kappa shape index (κ2) is 8.88. The van der Waals surface area contributed by atoms with E-state index in [1.54, 1.807) is 0 Å². The maximum atomic E-state index is 13.4. The third-order valence-corrected chi connectivity index (χ3v) is 7.16. The van der Waals surface area contributed by atoms with Crippen molar-refractivity contribution in [2.75, 3.05) is 18.4 Å². The molecular weight excluding hydrogens is 419 g/mol. The van der Waals surface area contributed by atoms with Gasteiger partial charge in [-0.2, -0.15) is 0 Å².